The predicted molar refractivity (Wildman–Crippen MR) is 85.1 cm³/mol. The molecule has 0 atom stereocenters. The molecule has 1 aromatic rings. The Morgan fingerprint density at radius 2 is 2.10 bits per heavy atom. The summed E-state index contributed by atoms with van der Waals surface area (Å²) in [6.45, 7) is 5.88. The monoisotopic (exact) mass is 338 g/mol. The Morgan fingerprint density at radius 1 is 1.30 bits per heavy atom. The second kappa shape index (κ2) is 6.04. The molecular weight excluding hydrogens is 316 g/mol. The molecular formula is C16H23BrN2O. The highest BCUT2D eigenvalue weighted by atomic mass is 79.9. The number of nitrogens with one attached hydrogen (secondary N) is 1. The van der Waals surface area contributed by atoms with Crippen molar-refractivity contribution in [2.24, 2.45) is 5.41 Å². The Morgan fingerprint density at radius 3 is 2.75 bits per heavy atom. The number of benzene rings is 1. The Kier molecular flexibility index (Phi) is 4.34. The summed E-state index contributed by atoms with van der Waals surface area (Å²) >= 11 is 3.65. The van der Waals surface area contributed by atoms with E-state index >= 15 is 0 Å². The van der Waals surface area contributed by atoms with E-state index in [9.17, 15) is 0 Å². The number of hydrogen-bond acceptors (Lipinski definition) is 3. The van der Waals surface area contributed by atoms with E-state index in [1.165, 1.54) is 55.5 Å². The fourth-order valence-electron chi connectivity index (χ4n) is 3.45. The molecule has 110 valence electrons. The van der Waals surface area contributed by atoms with Crippen LogP contribution < -0.4 is 10.1 Å². The topological polar surface area (TPSA) is 24.5 Å². The summed E-state index contributed by atoms with van der Waals surface area (Å²) in [6, 6.07) is 6.23. The molecule has 0 amide bonds. The number of rotatable bonds is 3. The van der Waals surface area contributed by atoms with Crippen LogP contribution in [-0.2, 0) is 6.54 Å². The first-order valence-corrected chi connectivity index (χ1v) is 8.26. The highest BCUT2D eigenvalue weighted by molar-refractivity contribution is 9.10. The molecule has 1 spiro atoms. The first kappa shape index (κ1) is 14.4. The minimum atomic E-state index is 0.599. The van der Waals surface area contributed by atoms with E-state index in [0.717, 1.165) is 12.3 Å². The number of halogens is 1. The van der Waals surface area contributed by atoms with Crippen LogP contribution in [0, 0.1) is 5.41 Å². The summed E-state index contributed by atoms with van der Waals surface area (Å²) < 4.78 is 6.51. The first-order chi connectivity index (χ1) is 9.71. The third-order valence-electron chi connectivity index (χ3n) is 4.90. The lowest BCUT2D eigenvalue weighted by atomic mass is 9.78. The van der Waals surface area contributed by atoms with Crippen molar-refractivity contribution < 1.29 is 4.74 Å². The van der Waals surface area contributed by atoms with E-state index in [0.29, 0.717) is 5.41 Å². The van der Waals surface area contributed by atoms with Gasteiger partial charge < -0.3 is 10.1 Å². The van der Waals surface area contributed by atoms with E-state index in [-0.39, 0.29) is 0 Å². The zero-order valence-electron chi connectivity index (χ0n) is 12.1. The van der Waals surface area contributed by atoms with Gasteiger partial charge in [-0.2, -0.15) is 0 Å². The highest BCUT2D eigenvalue weighted by Gasteiger charge is 2.36. The SMILES string of the molecule is COc1ccc(Br)c(CN2CCC3(CCNC3)CC2)c1. The van der Waals surface area contributed by atoms with Gasteiger partial charge in [0.25, 0.3) is 0 Å². The van der Waals surface area contributed by atoms with Gasteiger partial charge in [0.05, 0.1) is 7.11 Å². The molecule has 1 N–H and O–H groups in total. The van der Waals surface area contributed by atoms with Crippen molar-refractivity contribution in [2.45, 2.75) is 25.8 Å². The summed E-state index contributed by atoms with van der Waals surface area (Å²) in [4.78, 5) is 2.57. The van der Waals surface area contributed by atoms with Gasteiger partial charge in [0.2, 0.25) is 0 Å². The number of likely N-dealkylation sites (tertiary alicyclic amines) is 1. The third kappa shape index (κ3) is 3.02. The second-order valence-corrected chi connectivity index (χ2v) is 7.01. The van der Waals surface area contributed by atoms with Gasteiger partial charge in [0.15, 0.2) is 0 Å². The lowest BCUT2D eigenvalue weighted by molar-refractivity contribution is 0.113. The standard InChI is InChI=1S/C16H23BrN2O/c1-20-14-2-3-15(17)13(10-14)11-19-8-5-16(6-9-19)4-7-18-12-16/h2-3,10,18H,4-9,11-12H2,1H3. The highest BCUT2D eigenvalue weighted by Crippen LogP contribution is 2.37. The molecule has 3 rings (SSSR count). The number of hydrogen-bond donors (Lipinski definition) is 1. The van der Waals surface area contributed by atoms with E-state index in [1.54, 1.807) is 7.11 Å². The average Bonchev–Trinajstić information content (AvgIpc) is 2.92. The molecule has 2 aliphatic heterocycles. The van der Waals surface area contributed by atoms with Crippen LogP contribution in [0.25, 0.3) is 0 Å². The lowest BCUT2D eigenvalue weighted by Crippen LogP contribution is -2.40. The summed E-state index contributed by atoms with van der Waals surface area (Å²) in [7, 11) is 1.73. The molecule has 0 aliphatic carbocycles. The molecule has 0 aromatic heterocycles. The van der Waals surface area contributed by atoms with Crippen molar-refractivity contribution in [2.75, 3.05) is 33.3 Å². The summed E-state index contributed by atoms with van der Waals surface area (Å²) in [5, 5.41) is 3.53. The van der Waals surface area contributed by atoms with Gasteiger partial charge >= 0.3 is 0 Å². The van der Waals surface area contributed by atoms with Crippen molar-refractivity contribution >= 4 is 15.9 Å². The Labute approximate surface area is 129 Å². The zero-order valence-corrected chi connectivity index (χ0v) is 13.7. The Bertz CT molecular complexity index is 462. The second-order valence-electron chi connectivity index (χ2n) is 6.16. The molecule has 0 unspecified atom stereocenters. The summed E-state index contributed by atoms with van der Waals surface area (Å²) in [5.74, 6) is 0.941. The zero-order chi connectivity index (χ0) is 14.0. The first-order valence-electron chi connectivity index (χ1n) is 7.46. The third-order valence-corrected chi connectivity index (χ3v) is 5.67. The fraction of sp³-hybridized carbons (Fsp3) is 0.625. The van der Waals surface area contributed by atoms with E-state index in [2.05, 4.69) is 38.3 Å². The van der Waals surface area contributed by atoms with Crippen LogP contribution in [0.1, 0.15) is 24.8 Å². The molecule has 3 nitrogen and oxygen atoms in total. The van der Waals surface area contributed by atoms with Gasteiger partial charge in [0, 0.05) is 17.6 Å². The van der Waals surface area contributed by atoms with Crippen LogP contribution in [0.4, 0.5) is 0 Å². The van der Waals surface area contributed by atoms with Crippen LogP contribution in [0.15, 0.2) is 22.7 Å². The molecule has 20 heavy (non-hydrogen) atoms. The molecule has 2 fully saturated rings. The van der Waals surface area contributed by atoms with E-state index in [4.69, 9.17) is 4.74 Å². The maximum absolute atomic E-state index is 5.33. The predicted octanol–water partition coefficient (Wildman–Crippen LogP) is 3.03. The van der Waals surface area contributed by atoms with Gasteiger partial charge in [-0.3, -0.25) is 4.90 Å². The van der Waals surface area contributed by atoms with Crippen molar-refractivity contribution in [1.29, 1.82) is 0 Å². The number of ether oxygens (including phenoxy) is 1. The van der Waals surface area contributed by atoms with Crippen LogP contribution in [-0.4, -0.2) is 38.2 Å². The smallest absolute Gasteiger partial charge is 0.119 e. The van der Waals surface area contributed by atoms with Gasteiger partial charge in [0.1, 0.15) is 5.75 Å². The minimum Gasteiger partial charge on any atom is -0.497 e. The van der Waals surface area contributed by atoms with Gasteiger partial charge in [-0.05, 0) is 68.1 Å². The van der Waals surface area contributed by atoms with Crippen molar-refractivity contribution in [3.05, 3.63) is 28.2 Å². The van der Waals surface area contributed by atoms with Crippen molar-refractivity contribution in [3.8, 4) is 5.75 Å². The van der Waals surface area contributed by atoms with Crippen molar-refractivity contribution in [1.82, 2.24) is 10.2 Å². The van der Waals surface area contributed by atoms with Crippen molar-refractivity contribution in [3.63, 3.8) is 0 Å². The number of piperidine rings is 1. The molecule has 2 heterocycles. The van der Waals surface area contributed by atoms with Gasteiger partial charge in [-0.25, -0.2) is 0 Å². The molecule has 2 saturated heterocycles. The Hall–Kier alpha value is -0.580. The van der Waals surface area contributed by atoms with Gasteiger partial charge in [-0.15, -0.1) is 0 Å². The van der Waals surface area contributed by atoms with Crippen LogP contribution in [0.3, 0.4) is 0 Å². The van der Waals surface area contributed by atoms with E-state index < -0.39 is 0 Å². The van der Waals surface area contributed by atoms with Crippen LogP contribution in [0.5, 0.6) is 5.75 Å². The van der Waals surface area contributed by atoms with Crippen LogP contribution >= 0.6 is 15.9 Å². The molecule has 0 saturated carbocycles. The average molecular weight is 339 g/mol. The molecule has 2 aliphatic rings. The lowest BCUT2D eigenvalue weighted by Gasteiger charge is -2.39. The molecule has 0 radical (unpaired) electrons. The minimum absolute atomic E-state index is 0.599. The quantitative estimate of drug-likeness (QED) is 0.916. The van der Waals surface area contributed by atoms with Crippen LogP contribution in [0.2, 0.25) is 0 Å². The summed E-state index contributed by atoms with van der Waals surface area (Å²) in [5.41, 5.74) is 1.92. The largest absolute Gasteiger partial charge is 0.497 e. The molecule has 1 aromatic carbocycles. The maximum atomic E-state index is 5.33. The fourth-order valence-corrected chi connectivity index (χ4v) is 3.82. The Balaban J connectivity index is 1.62. The normalized spacial score (nSPS) is 22.3. The summed E-state index contributed by atoms with van der Waals surface area (Å²) in [6.07, 6.45) is 4.03. The molecule has 0 bridgehead atoms. The van der Waals surface area contributed by atoms with Gasteiger partial charge in [-0.1, -0.05) is 15.9 Å². The molecule has 4 heteroatoms. The van der Waals surface area contributed by atoms with E-state index in [1.807, 2.05) is 6.07 Å². The number of methoxy groups -OCH3 is 1. The number of nitrogens with zero attached hydrogens (tertiary/aromatic N) is 1. The maximum Gasteiger partial charge on any atom is 0.119 e.